The number of carbonyl (C=O) groups excluding carboxylic acids is 2. The molecule has 1 saturated heterocycles. The molecule has 2 heterocycles. The number of amides is 1. The summed E-state index contributed by atoms with van der Waals surface area (Å²) in [5, 5.41) is 1.26. The van der Waals surface area contributed by atoms with Crippen LogP contribution in [0.25, 0.3) is 10.9 Å². The third-order valence-corrected chi connectivity index (χ3v) is 5.64. The molecule has 1 N–H and O–H groups in total. The number of H-pyrrole nitrogens is 1. The van der Waals surface area contributed by atoms with E-state index in [9.17, 15) is 14.0 Å². The van der Waals surface area contributed by atoms with Gasteiger partial charge in [-0.3, -0.25) is 9.59 Å². The smallest absolute Gasteiger partial charge is 0.223 e. The fourth-order valence-corrected chi connectivity index (χ4v) is 4.03. The summed E-state index contributed by atoms with van der Waals surface area (Å²) < 4.78 is 13.0. The molecule has 1 fully saturated rings. The van der Waals surface area contributed by atoms with E-state index in [-0.39, 0.29) is 30.3 Å². The number of para-hydroxylation sites is 1. The van der Waals surface area contributed by atoms with Gasteiger partial charge in [0.25, 0.3) is 0 Å². The second-order valence-corrected chi connectivity index (χ2v) is 7.37. The van der Waals surface area contributed by atoms with Crippen molar-refractivity contribution >= 4 is 22.6 Å². The van der Waals surface area contributed by atoms with Crippen molar-refractivity contribution in [3.05, 3.63) is 71.7 Å². The first-order valence-electron chi connectivity index (χ1n) is 9.74. The number of hydrogen-bond acceptors (Lipinski definition) is 2. The van der Waals surface area contributed by atoms with Gasteiger partial charge in [-0.15, -0.1) is 0 Å². The standard InChI is InChI=1S/C23H23FN2O2/c24-18-7-5-17(6-8-18)22(27)9-10-23(28)26-13-11-16(12-14-26)20-15-25-21-4-2-1-3-19(20)21/h1-8,15-16,25H,9-14H2. The number of aromatic nitrogens is 1. The van der Waals surface area contributed by atoms with Crippen molar-refractivity contribution in [2.75, 3.05) is 13.1 Å². The first-order valence-corrected chi connectivity index (χ1v) is 9.74. The van der Waals surface area contributed by atoms with Crippen LogP contribution in [0.4, 0.5) is 4.39 Å². The number of rotatable bonds is 5. The number of carbonyl (C=O) groups is 2. The van der Waals surface area contributed by atoms with Gasteiger partial charge in [-0.05, 0) is 54.7 Å². The molecule has 1 amide bonds. The van der Waals surface area contributed by atoms with Gasteiger partial charge in [0.2, 0.25) is 5.91 Å². The number of ketones is 1. The van der Waals surface area contributed by atoms with Gasteiger partial charge < -0.3 is 9.88 Å². The van der Waals surface area contributed by atoms with E-state index in [0.717, 1.165) is 18.4 Å². The maximum Gasteiger partial charge on any atom is 0.223 e. The summed E-state index contributed by atoms with van der Waals surface area (Å²) in [5.41, 5.74) is 2.93. The van der Waals surface area contributed by atoms with Gasteiger partial charge >= 0.3 is 0 Å². The van der Waals surface area contributed by atoms with Crippen molar-refractivity contribution in [1.82, 2.24) is 9.88 Å². The molecule has 0 spiro atoms. The molecule has 0 atom stereocenters. The lowest BCUT2D eigenvalue weighted by atomic mass is 9.89. The Morgan fingerprint density at radius 2 is 1.71 bits per heavy atom. The molecule has 1 aliphatic heterocycles. The Morgan fingerprint density at radius 1 is 1.00 bits per heavy atom. The monoisotopic (exact) mass is 378 g/mol. The SMILES string of the molecule is O=C(CCC(=O)N1CCC(c2c[nH]c3ccccc23)CC1)c1ccc(F)cc1. The van der Waals surface area contributed by atoms with E-state index in [1.165, 1.54) is 35.2 Å². The van der Waals surface area contributed by atoms with Crippen LogP contribution in [-0.2, 0) is 4.79 Å². The highest BCUT2D eigenvalue weighted by molar-refractivity contribution is 5.97. The fourth-order valence-electron chi connectivity index (χ4n) is 4.03. The number of hydrogen-bond donors (Lipinski definition) is 1. The number of piperidine rings is 1. The number of aromatic amines is 1. The summed E-state index contributed by atoms with van der Waals surface area (Å²) in [6, 6.07) is 13.8. The minimum absolute atomic E-state index is 0.0211. The Kier molecular flexibility index (Phi) is 5.24. The molecule has 3 aromatic rings. The average molecular weight is 378 g/mol. The number of nitrogens with one attached hydrogen (secondary N) is 1. The van der Waals surface area contributed by atoms with Gasteiger partial charge in [0.05, 0.1) is 0 Å². The third-order valence-electron chi connectivity index (χ3n) is 5.64. The van der Waals surface area contributed by atoms with Crippen molar-refractivity contribution in [3.63, 3.8) is 0 Å². The average Bonchev–Trinajstić information content (AvgIpc) is 3.16. The summed E-state index contributed by atoms with van der Waals surface area (Å²) in [6.07, 6.45) is 4.31. The van der Waals surface area contributed by atoms with Crippen LogP contribution in [0, 0.1) is 5.82 Å². The molecule has 0 unspecified atom stereocenters. The number of fused-ring (bicyclic) bond motifs is 1. The predicted molar refractivity (Wildman–Crippen MR) is 107 cm³/mol. The minimum atomic E-state index is -0.370. The number of nitrogens with zero attached hydrogens (tertiary/aromatic N) is 1. The maximum absolute atomic E-state index is 13.0. The molecule has 0 bridgehead atoms. The van der Waals surface area contributed by atoms with Gasteiger partial charge in [-0.1, -0.05) is 18.2 Å². The molecule has 1 aliphatic rings. The molecule has 5 heteroatoms. The first kappa shape index (κ1) is 18.4. The fraction of sp³-hybridized carbons (Fsp3) is 0.304. The molecule has 4 rings (SSSR count). The largest absolute Gasteiger partial charge is 0.361 e. The van der Waals surface area contributed by atoms with E-state index in [1.807, 2.05) is 11.0 Å². The van der Waals surface area contributed by atoms with Crippen LogP contribution in [-0.4, -0.2) is 34.7 Å². The Balaban J connectivity index is 1.30. The van der Waals surface area contributed by atoms with Gasteiger partial charge in [0, 0.05) is 48.6 Å². The zero-order valence-electron chi connectivity index (χ0n) is 15.7. The van der Waals surface area contributed by atoms with Crippen molar-refractivity contribution in [2.24, 2.45) is 0 Å². The minimum Gasteiger partial charge on any atom is -0.361 e. The highest BCUT2D eigenvalue weighted by atomic mass is 19.1. The lowest BCUT2D eigenvalue weighted by molar-refractivity contribution is -0.132. The molecule has 4 nitrogen and oxygen atoms in total. The van der Waals surface area contributed by atoms with E-state index in [4.69, 9.17) is 0 Å². The topological polar surface area (TPSA) is 53.2 Å². The van der Waals surface area contributed by atoms with E-state index in [0.29, 0.717) is 24.6 Å². The highest BCUT2D eigenvalue weighted by Gasteiger charge is 2.25. The molecule has 28 heavy (non-hydrogen) atoms. The molecule has 144 valence electrons. The summed E-state index contributed by atoms with van der Waals surface area (Å²) in [4.78, 5) is 29.9. The lowest BCUT2D eigenvalue weighted by Crippen LogP contribution is -2.38. The summed E-state index contributed by atoms with van der Waals surface area (Å²) in [5.74, 6) is -0.0263. The molecule has 2 aromatic carbocycles. The van der Waals surface area contributed by atoms with Crippen LogP contribution in [0.5, 0.6) is 0 Å². The molecule has 1 aromatic heterocycles. The number of likely N-dealkylation sites (tertiary alicyclic amines) is 1. The summed E-state index contributed by atoms with van der Waals surface area (Å²) >= 11 is 0. The van der Waals surface area contributed by atoms with Crippen LogP contribution in [0.3, 0.4) is 0 Å². The van der Waals surface area contributed by atoms with Gasteiger partial charge in [-0.25, -0.2) is 4.39 Å². The van der Waals surface area contributed by atoms with Crippen LogP contribution in [0.1, 0.15) is 47.5 Å². The number of halogens is 1. The molecular weight excluding hydrogens is 355 g/mol. The first-order chi connectivity index (χ1) is 13.6. The predicted octanol–water partition coefficient (Wildman–Crippen LogP) is 4.68. The van der Waals surface area contributed by atoms with Crippen LogP contribution < -0.4 is 0 Å². The quantitative estimate of drug-likeness (QED) is 0.656. The summed E-state index contributed by atoms with van der Waals surface area (Å²) in [7, 11) is 0. The molecular formula is C23H23FN2O2. The van der Waals surface area contributed by atoms with Gasteiger partial charge in [0.15, 0.2) is 5.78 Å². The van der Waals surface area contributed by atoms with E-state index in [2.05, 4.69) is 29.4 Å². The van der Waals surface area contributed by atoms with Crippen molar-refractivity contribution in [2.45, 2.75) is 31.6 Å². The Hall–Kier alpha value is -2.95. The van der Waals surface area contributed by atoms with Gasteiger partial charge in [0.1, 0.15) is 5.82 Å². The van der Waals surface area contributed by atoms with Crippen molar-refractivity contribution in [3.8, 4) is 0 Å². The van der Waals surface area contributed by atoms with Gasteiger partial charge in [-0.2, -0.15) is 0 Å². The van der Waals surface area contributed by atoms with E-state index < -0.39 is 0 Å². The van der Waals surface area contributed by atoms with Crippen LogP contribution in [0.15, 0.2) is 54.7 Å². The molecule has 0 radical (unpaired) electrons. The lowest BCUT2D eigenvalue weighted by Gasteiger charge is -2.32. The van der Waals surface area contributed by atoms with E-state index >= 15 is 0 Å². The zero-order chi connectivity index (χ0) is 19.5. The Morgan fingerprint density at radius 3 is 2.46 bits per heavy atom. The second kappa shape index (κ2) is 7.97. The highest BCUT2D eigenvalue weighted by Crippen LogP contribution is 2.33. The van der Waals surface area contributed by atoms with Crippen molar-refractivity contribution < 1.29 is 14.0 Å². The zero-order valence-corrected chi connectivity index (χ0v) is 15.7. The third kappa shape index (κ3) is 3.84. The van der Waals surface area contributed by atoms with E-state index in [1.54, 1.807) is 0 Å². The van der Waals surface area contributed by atoms with Crippen LogP contribution in [0.2, 0.25) is 0 Å². The Bertz CT molecular complexity index is 985. The van der Waals surface area contributed by atoms with Crippen molar-refractivity contribution in [1.29, 1.82) is 0 Å². The number of Topliss-reactive ketones (excluding diaryl/α,β-unsaturated/α-hetero) is 1. The summed E-state index contributed by atoms with van der Waals surface area (Å²) in [6.45, 7) is 1.43. The maximum atomic E-state index is 13.0. The van der Waals surface area contributed by atoms with Crippen LogP contribution >= 0.6 is 0 Å². The normalized spacial score (nSPS) is 15.1. The number of benzene rings is 2. The second-order valence-electron chi connectivity index (χ2n) is 7.37. The molecule has 0 aliphatic carbocycles. The molecule has 0 saturated carbocycles. The Labute approximate surface area is 163 Å².